The van der Waals surface area contributed by atoms with E-state index in [-0.39, 0.29) is 18.7 Å². The van der Waals surface area contributed by atoms with Crippen molar-refractivity contribution in [1.82, 2.24) is 0 Å². The third-order valence-electron chi connectivity index (χ3n) is 5.14. The first kappa shape index (κ1) is 21.4. The summed E-state index contributed by atoms with van der Waals surface area (Å²) in [4.78, 5) is 27.9. The fourth-order valence-corrected chi connectivity index (χ4v) is 4.81. The van der Waals surface area contributed by atoms with E-state index < -0.39 is 11.5 Å². The second-order valence-corrected chi connectivity index (χ2v) is 9.80. The van der Waals surface area contributed by atoms with Crippen LogP contribution >= 0.6 is 47.8 Å². The lowest BCUT2D eigenvalue weighted by Gasteiger charge is -2.23. The lowest BCUT2D eigenvalue weighted by molar-refractivity contribution is -0.136. The standard InChI is InChI=1S/C23H16Br3NO3/c24-16-6-3-5-14(10-16)21(28)12-23(30)18-11-17(25)8-9-20(18)27(22(23)29)13-15-4-1-2-7-19(15)26/h1-11,30H,12-13H2. The highest BCUT2D eigenvalue weighted by molar-refractivity contribution is 9.11. The van der Waals surface area contributed by atoms with Gasteiger partial charge in [-0.2, -0.15) is 0 Å². The first-order valence-electron chi connectivity index (χ1n) is 9.16. The molecule has 152 valence electrons. The predicted molar refractivity (Wildman–Crippen MR) is 126 cm³/mol. The van der Waals surface area contributed by atoms with Crippen molar-refractivity contribution in [1.29, 1.82) is 0 Å². The molecule has 0 spiro atoms. The first-order valence-corrected chi connectivity index (χ1v) is 11.5. The van der Waals surface area contributed by atoms with Crippen LogP contribution < -0.4 is 4.90 Å². The summed E-state index contributed by atoms with van der Waals surface area (Å²) in [5.74, 6) is -0.810. The normalized spacial score (nSPS) is 17.9. The first-order chi connectivity index (χ1) is 14.3. The predicted octanol–water partition coefficient (Wildman–Crippen LogP) is 5.98. The third kappa shape index (κ3) is 3.91. The van der Waals surface area contributed by atoms with Gasteiger partial charge < -0.3 is 10.0 Å². The summed E-state index contributed by atoms with van der Waals surface area (Å²) in [6.45, 7) is 0.280. The Kier molecular flexibility index (Phi) is 5.99. The van der Waals surface area contributed by atoms with Crippen molar-refractivity contribution in [3.8, 4) is 0 Å². The van der Waals surface area contributed by atoms with Crippen LogP contribution in [-0.4, -0.2) is 16.8 Å². The van der Waals surface area contributed by atoms with Gasteiger partial charge in [0.05, 0.1) is 18.7 Å². The van der Waals surface area contributed by atoms with Crippen molar-refractivity contribution in [3.63, 3.8) is 0 Å². The molecule has 0 saturated heterocycles. The van der Waals surface area contributed by atoms with Gasteiger partial charge in [0, 0.05) is 24.5 Å². The second-order valence-electron chi connectivity index (χ2n) is 7.11. The van der Waals surface area contributed by atoms with E-state index in [2.05, 4.69) is 47.8 Å². The van der Waals surface area contributed by atoms with Crippen LogP contribution in [0.3, 0.4) is 0 Å². The molecule has 0 fully saturated rings. The minimum Gasteiger partial charge on any atom is -0.375 e. The number of benzene rings is 3. The number of ketones is 1. The molecule has 1 aliphatic heterocycles. The van der Waals surface area contributed by atoms with Gasteiger partial charge in [-0.3, -0.25) is 9.59 Å². The number of anilines is 1. The van der Waals surface area contributed by atoms with E-state index in [1.165, 1.54) is 4.90 Å². The average Bonchev–Trinajstić information content (AvgIpc) is 2.91. The molecule has 0 saturated carbocycles. The SMILES string of the molecule is O=C(CC1(O)C(=O)N(Cc2ccccc2Br)c2ccc(Br)cc21)c1cccc(Br)c1. The highest BCUT2D eigenvalue weighted by Gasteiger charge is 2.51. The van der Waals surface area contributed by atoms with E-state index in [9.17, 15) is 14.7 Å². The summed E-state index contributed by atoms with van der Waals surface area (Å²) in [7, 11) is 0. The zero-order valence-electron chi connectivity index (χ0n) is 15.6. The van der Waals surface area contributed by atoms with E-state index in [4.69, 9.17) is 0 Å². The van der Waals surface area contributed by atoms with Gasteiger partial charge >= 0.3 is 0 Å². The molecule has 1 amide bonds. The number of amides is 1. The quantitative estimate of drug-likeness (QED) is 0.370. The number of hydrogen-bond donors (Lipinski definition) is 1. The summed E-state index contributed by atoms with van der Waals surface area (Å²) in [5.41, 5.74) is 0.439. The van der Waals surface area contributed by atoms with Crippen LogP contribution in [0.1, 0.15) is 27.9 Å². The molecular weight excluding hydrogens is 578 g/mol. The number of halogens is 3. The average molecular weight is 594 g/mol. The number of Topliss-reactive ketones (excluding diaryl/α,β-unsaturated/α-hetero) is 1. The van der Waals surface area contributed by atoms with Crippen molar-refractivity contribution in [2.45, 2.75) is 18.6 Å². The maximum Gasteiger partial charge on any atom is 0.264 e. The molecule has 4 nitrogen and oxygen atoms in total. The fraction of sp³-hybridized carbons (Fsp3) is 0.130. The highest BCUT2D eigenvalue weighted by Crippen LogP contribution is 2.45. The molecule has 1 aliphatic rings. The monoisotopic (exact) mass is 591 g/mol. The number of carbonyl (C=O) groups is 2. The van der Waals surface area contributed by atoms with Crippen molar-refractivity contribution >= 4 is 65.2 Å². The molecule has 1 N–H and O–H groups in total. The molecule has 0 radical (unpaired) electrons. The van der Waals surface area contributed by atoms with Gasteiger partial charge in [-0.1, -0.05) is 78.1 Å². The van der Waals surface area contributed by atoms with E-state index in [1.54, 1.807) is 30.3 Å². The van der Waals surface area contributed by atoms with E-state index in [0.717, 1.165) is 19.0 Å². The largest absolute Gasteiger partial charge is 0.375 e. The number of rotatable bonds is 5. The Hall–Kier alpha value is -1.80. The zero-order chi connectivity index (χ0) is 21.5. The van der Waals surface area contributed by atoms with Gasteiger partial charge in [0.1, 0.15) is 0 Å². The van der Waals surface area contributed by atoms with Crippen LogP contribution in [0.25, 0.3) is 0 Å². The van der Waals surface area contributed by atoms with E-state index >= 15 is 0 Å². The van der Waals surface area contributed by atoms with E-state index in [0.29, 0.717) is 16.8 Å². The molecule has 0 aromatic heterocycles. The Morgan fingerprint density at radius 1 is 0.933 bits per heavy atom. The minimum atomic E-state index is -1.93. The summed E-state index contributed by atoms with van der Waals surface area (Å²) in [6.07, 6.45) is -0.335. The van der Waals surface area contributed by atoms with Gasteiger partial charge in [-0.25, -0.2) is 0 Å². The van der Waals surface area contributed by atoms with E-state index in [1.807, 2.05) is 36.4 Å². The summed E-state index contributed by atoms with van der Waals surface area (Å²) >= 11 is 10.3. The lowest BCUT2D eigenvalue weighted by atomic mass is 9.88. The topological polar surface area (TPSA) is 57.6 Å². The van der Waals surface area contributed by atoms with Crippen LogP contribution in [0, 0.1) is 0 Å². The van der Waals surface area contributed by atoms with Gasteiger partial charge in [0.25, 0.3) is 5.91 Å². The Labute approximate surface area is 199 Å². The fourth-order valence-electron chi connectivity index (χ4n) is 3.64. The van der Waals surface area contributed by atoms with Crippen molar-refractivity contribution in [3.05, 3.63) is 96.8 Å². The molecule has 4 rings (SSSR count). The summed E-state index contributed by atoms with van der Waals surface area (Å²) < 4.78 is 2.36. The van der Waals surface area contributed by atoms with Gasteiger partial charge in [0.15, 0.2) is 11.4 Å². The van der Waals surface area contributed by atoms with Crippen LogP contribution in [-0.2, 0) is 16.9 Å². The van der Waals surface area contributed by atoms with Crippen molar-refractivity contribution in [2.24, 2.45) is 0 Å². The minimum absolute atomic E-state index is 0.280. The molecule has 1 unspecified atom stereocenters. The summed E-state index contributed by atoms with van der Waals surface area (Å²) in [6, 6.07) is 19.9. The smallest absolute Gasteiger partial charge is 0.264 e. The molecular formula is C23H16Br3NO3. The number of carbonyl (C=O) groups excluding carboxylic acids is 2. The molecule has 3 aromatic rings. The Morgan fingerprint density at radius 3 is 2.40 bits per heavy atom. The molecule has 0 aliphatic carbocycles. The molecule has 7 heteroatoms. The lowest BCUT2D eigenvalue weighted by Crippen LogP contribution is -2.41. The molecule has 1 atom stereocenters. The Bertz CT molecular complexity index is 1160. The second kappa shape index (κ2) is 8.38. The zero-order valence-corrected chi connectivity index (χ0v) is 20.4. The van der Waals surface area contributed by atoms with Gasteiger partial charge in [-0.15, -0.1) is 0 Å². The van der Waals surface area contributed by atoms with Crippen molar-refractivity contribution < 1.29 is 14.7 Å². The Morgan fingerprint density at radius 2 is 1.67 bits per heavy atom. The number of hydrogen-bond acceptors (Lipinski definition) is 3. The van der Waals surface area contributed by atoms with Gasteiger partial charge in [-0.05, 0) is 42.0 Å². The third-order valence-corrected chi connectivity index (χ3v) is 6.90. The summed E-state index contributed by atoms with van der Waals surface area (Å²) in [5, 5.41) is 11.5. The highest BCUT2D eigenvalue weighted by atomic mass is 79.9. The van der Waals surface area contributed by atoms with Crippen LogP contribution in [0.2, 0.25) is 0 Å². The molecule has 1 heterocycles. The van der Waals surface area contributed by atoms with Crippen LogP contribution in [0.5, 0.6) is 0 Å². The maximum atomic E-state index is 13.4. The molecule has 3 aromatic carbocycles. The number of fused-ring (bicyclic) bond motifs is 1. The van der Waals surface area contributed by atoms with Crippen LogP contribution in [0.4, 0.5) is 5.69 Å². The van der Waals surface area contributed by atoms with Crippen molar-refractivity contribution in [2.75, 3.05) is 4.90 Å². The molecule has 0 bridgehead atoms. The Balaban J connectivity index is 1.73. The number of aliphatic hydroxyl groups is 1. The van der Waals surface area contributed by atoms with Gasteiger partial charge in [0.2, 0.25) is 0 Å². The molecule has 30 heavy (non-hydrogen) atoms. The number of nitrogens with zero attached hydrogens (tertiary/aromatic N) is 1. The van der Waals surface area contributed by atoms with Crippen LogP contribution in [0.15, 0.2) is 80.1 Å². The maximum absolute atomic E-state index is 13.4.